The Labute approximate surface area is 119 Å². The molecule has 4 nitrogen and oxygen atoms in total. The second kappa shape index (κ2) is 4.63. The second-order valence-electron chi connectivity index (χ2n) is 4.41. The molecule has 1 fully saturated rings. The number of benzene rings is 1. The van der Waals surface area contributed by atoms with E-state index in [4.69, 9.17) is 6.42 Å². The van der Waals surface area contributed by atoms with Gasteiger partial charge in [0.15, 0.2) is 0 Å². The standard InChI is InChI=1S/C14H10BrN3O/c1-2-9-6-13(19)18(8-9)14-16-7-10-11(15)4-3-5-12(10)17-14/h1,3-5,7,9H,6,8H2. The minimum absolute atomic E-state index is 0.0164. The molecule has 1 aromatic carbocycles. The maximum Gasteiger partial charge on any atom is 0.232 e. The molecule has 1 aliphatic heterocycles. The van der Waals surface area contributed by atoms with Gasteiger partial charge in [0.05, 0.1) is 5.52 Å². The molecule has 0 aliphatic carbocycles. The van der Waals surface area contributed by atoms with Crippen molar-refractivity contribution in [1.29, 1.82) is 0 Å². The van der Waals surface area contributed by atoms with E-state index in [0.29, 0.717) is 18.9 Å². The Balaban J connectivity index is 2.03. The molecule has 1 atom stereocenters. The number of nitrogens with zero attached hydrogens (tertiary/aromatic N) is 3. The lowest BCUT2D eigenvalue weighted by atomic mass is 10.1. The summed E-state index contributed by atoms with van der Waals surface area (Å²) in [5.74, 6) is 2.98. The van der Waals surface area contributed by atoms with Gasteiger partial charge < -0.3 is 0 Å². The van der Waals surface area contributed by atoms with Crippen LogP contribution in [0.4, 0.5) is 5.95 Å². The summed E-state index contributed by atoms with van der Waals surface area (Å²) in [4.78, 5) is 22.1. The summed E-state index contributed by atoms with van der Waals surface area (Å²) in [7, 11) is 0. The van der Waals surface area contributed by atoms with Crippen LogP contribution in [0.1, 0.15) is 6.42 Å². The number of anilines is 1. The van der Waals surface area contributed by atoms with Gasteiger partial charge in [-0.2, -0.15) is 0 Å². The highest BCUT2D eigenvalue weighted by Gasteiger charge is 2.31. The van der Waals surface area contributed by atoms with Gasteiger partial charge in [0, 0.05) is 34.9 Å². The third-order valence-corrected chi connectivity index (χ3v) is 3.85. The molecule has 2 aromatic rings. The zero-order valence-electron chi connectivity index (χ0n) is 10.0. The third kappa shape index (κ3) is 2.08. The molecule has 0 spiro atoms. The van der Waals surface area contributed by atoms with E-state index in [2.05, 4.69) is 31.8 Å². The summed E-state index contributed by atoms with van der Waals surface area (Å²) in [5.41, 5.74) is 0.802. The average molecular weight is 316 g/mol. The molecule has 94 valence electrons. The monoisotopic (exact) mass is 315 g/mol. The number of halogens is 1. The molecule has 0 saturated carbocycles. The van der Waals surface area contributed by atoms with Crippen molar-refractivity contribution >= 4 is 38.7 Å². The second-order valence-corrected chi connectivity index (χ2v) is 5.27. The summed E-state index contributed by atoms with van der Waals surface area (Å²) in [6.07, 6.45) is 7.46. The first-order chi connectivity index (χ1) is 9.19. The van der Waals surface area contributed by atoms with Gasteiger partial charge in [0.2, 0.25) is 11.9 Å². The van der Waals surface area contributed by atoms with E-state index >= 15 is 0 Å². The number of terminal acetylenes is 1. The smallest absolute Gasteiger partial charge is 0.232 e. The van der Waals surface area contributed by atoms with Gasteiger partial charge in [-0.25, -0.2) is 9.97 Å². The quantitative estimate of drug-likeness (QED) is 0.759. The van der Waals surface area contributed by atoms with Crippen molar-refractivity contribution in [2.24, 2.45) is 5.92 Å². The Kier molecular flexibility index (Phi) is 2.96. The maximum atomic E-state index is 11.9. The van der Waals surface area contributed by atoms with Crippen LogP contribution in [0, 0.1) is 18.3 Å². The lowest BCUT2D eigenvalue weighted by Crippen LogP contribution is -2.26. The summed E-state index contributed by atoms with van der Waals surface area (Å²) in [5, 5.41) is 0.923. The molecule has 2 heterocycles. The largest absolute Gasteiger partial charge is 0.279 e. The van der Waals surface area contributed by atoms with Crippen LogP contribution in [-0.2, 0) is 4.79 Å². The number of aromatic nitrogens is 2. The van der Waals surface area contributed by atoms with Gasteiger partial charge in [-0.05, 0) is 12.1 Å². The Hall–Kier alpha value is -1.93. The Morgan fingerprint density at radius 1 is 1.47 bits per heavy atom. The molecule has 19 heavy (non-hydrogen) atoms. The molecular weight excluding hydrogens is 306 g/mol. The van der Waals surface area contributed by atoms with Gasteiger partial charge in [0.1, 0.15) is 0 Å². The molecular formula is C14H10BrN3O. The number of hydrogen-bond acceptors (Lipinski definition) is 3. The lowest BCUT2D eigenvalue weighted by molar-refractivity contribution is -0.117. The number of carbonyl (C=O) groups is 1. The summed E-state index contributed by atoms with van der Waals surface area (Å²) >= 11 is 3.45. The van der Waals surface area contributed by atoms with Crippen LogP contribution in [0.3, 0.4) is 0 Å². The summed E-state index contributed by atoms with van der Waals surface area (Å²) < 4.78 is 0.936. The number of fused-ring (bicyclic) bond motifs is 1. The maximum absolute atomic E-state index is 11.9. The van der Waals surface area contributed by atoms with Crippen LogP contribution in [0.2, 0.25) is 0 Å². The van der Waals surface area contributed by atoms with Crippen molar-refractivity contribution in [2.75, 3.05) is 11.4 Å². The summed E-state index contributed by atoms with van der Waals surface area (Å²) in [6.45, 7) is 0.495. The molecule has 1 unspecified atom stereocenters. The lowest BCUT2D eigenvalue weighted by Gasteiger charge is -2.13. The Morgan fingerprint density at radius 3 is 3.05 bits per heavy atom. The summed E-state index contributed by atoms with van der Waals surface area (Å²) in [6, 6.07) is 5.73. The Morgan fingerprint density at radius 2 is 2.32 bits per heavy atom. The normalized spacial score (nSPS) is 18.8. The number of rotatable bonds is 1. The van der Waals surface area contributed by atoms with Crippen LogP contribution in [0.25, 0.3) is 10.9 Å². The van der Waals surface area contributed by atoms with Gasteiger partial charge in [0.25, 0.3) is 0 Å². The van der Waals surface area contributed by atoms with Crippen molar-refractivity contribution in [3.63, 3.8) is 0 Å². The highest BCUT2D eigenvalue weighted by Crippen LogP contribution is 2.26. The van der Waals surface area contributed by atoms with E-state index in [-0.39, 0.29) is 11.8 Å². The van der Waals surface area contributed by atoms with Crippen molar-refractivity contribution < 1.29 is 4.79 Å². The first kappa shape index (κ1) is 12.1. The molecule has 1 aliphatic rings. The molecule has 5 heteroatoms. The van der Waals surface area contributed by atoms with E-state index in [1.54, 1.807) is 11.1 Å². The van der Waals surface area contributed by atoms with Crippen LogP contribution in [-0.4, -0.2) is 22.4 Å². The fourth-order valence-electron chi connectivity index (χ4n) is 2.15. The molecule has 0 N–H and O–H groups in total. The highest BCUT2D eigenvalue weighted by atomic mass is 79.9. The van der Waals surface area contributed by atoms with E-state index < -0.39 is 0 Å². The van der Waals surface area contributed by atoms with Gasteiger partial charge in [-0.1, -0.05) is 22.0 Å². The van der Waals surface area contributed by atoms with E-state index in [1.165, 1.54) is 0 Å². The molecule has 1 amide bonds. The van der Waals surface area contributed by atoms with Gasteiger partial charge in [-0.15, -0.1) is 12.3 Å². The highest BCUT2D eigenvalue weighted by molar-refractivity contribution is 9.10. The number of carbonyl (C=O) groups excluding carboxylic acids is 1. The van der Waals surface area contributed by atoms with E-state index in [0.717, 1.165) is 15.4 Å². The third-order valence-electron chi connectivity index (χ3n) is 3.16. The van der Waals surface area contributed by atoms with Crippen molar-refractivity contribution in [1.82, 2.24) is 9.97 Å². The molecule has 3 rings (SSSR count). The zero-order chi connectivity index (χ0) is 13.4. The molecule has 1 aromatic heterocycles. The Bertz CT molecular complexity index is 707. The SMILES string of the molecule is C#CC1CC(=O)N(c2ncc3c(Br)cccc3n2)C1. The van der Waals surface area contributed by atoms with E-state index in [9.17, 15) is 4.79 Å². The predicted octanol–water partition coefficient (Wildman–Crippen LogP) is 2.38. The van der Waals surface area contributed by atoms with Crippen molar-refractivity contribution in [3.05, 3.63) is 28.9 Å². The first-order valence-corrected chi connectivity index (χ1v) is 6.66. The van der Waals surface area contributed by atoms with Crippen LogP contribution in [0.5, 0.6) is 0 Å². The molecule has 1 saturated heterocycles. The van der Waals surface area contributed by atoms with Crippen molar-refractivity contribution in [3.8, 4) is 12.3 Å². The number of hydrogen-bond donors (Lipinski definition) is 0. The van der Waals surface area contributed by atoms with Crippen molar-refractivity contribution in [2.45, 2.75) is 6.42 Å². The van der Waals surface area contributed by atoms with Gasteiger partial charge >= 0.3 is 0 Å². The predicted molar refractivity (Wildman–Crippen MR) is 76.5 cm³/mol. The van der Waals surface area contributed by atoms with Gasteiger partial charge in [-0.3, -0.25) is 9.69 Å². The fourth-order valence-corrected chi connectivity index (χ4v) is 2.61. The van der Waals surface area contributed by atoms with E-state index in [1.807, 2.05) is 18.2 Å². The molecule has 0 bridgehead atoms. The average Bonchev–Trinajstić information content (AvgIpc) is 2.80. The topological polar surface area (TPSA) is 46.1 Å². The van der Waals surface area contributed by atoms with Crippen LogP contribution in [0.15, 0.2) is 28.9 Å². The fraction of sp³-hybridized carbons (Fsp3) is 0.214. The number of amides is 1. The minimum Gasteiger partial charge on any atom is -0.279 e. The van der Waals surface area contributed by atoms with Crippen LogP contribution < -0.4 is 4.90 Å². The zero-order valence-corrected chi connectivity index (χ0v) is 11.6. The first-order valence-electron chi connectivity index (χ1n) is 5.87. The molecule has 0 radical (unpaired) electrons. The minimum atomic E-state index is -0.0469. The van der Waals surface area contributed by atoms with Crippen LogP contribution >= 0.6 is 15.9 Å².